The van der Waals surface area contributed by atoms with Crippen molar-refractivity contribution in [2.24, 2.45) is 0 Å². The summed E-state index contributed by atoms with van der Waals surface area (Å²) < 4.78 is 11.9. The van der Waals surface area contributed by atoms with Crippen LogP contribution in [0.2, 0.25) is 5.02 Å². The lowest BCUT2D eigenvalue weighted by Crippen LogP contribution is -2.54. The molecule has 3 heterocycles. The minimum absolute atomic E-state index is 0.0204. The molecular weight excluding hydrogens is 526 g/mol. The number of carbonyl (C=O) groups is 2. The normalized spacial score (nSPS) is 20.0. The summed E-state index contributed by atoms with van der Waals surface area (Å²) in [7, 11) is 0. The van der Waals surface area contributed by atoms with E-state index in [2.05, 4.69) is 11.0 Å². The number of hydrogen-bond acceptors (Lipinski definition) is 5. The van der Waals surface area contributed by atoms with Gasteiger partial charge in [0.1, 0.15) is 0 Å². The molecule has 0 spiro atoms. The van der Waals surface area contributed by atoms with Crippen LogP contribution in [0.1, 0.15) is 52.9 Å². The van der Waals surface area contributed by atoms with E-state index in [1.54, 1.807) is 0 Å². The lowest BCUT2D eigenvalue weighted by atomic mass is 9.75. The highest BCUT2D eigenvalue weighted by Gasteiger charge is 2.48. The Morgan fingerprint density at radius 3 is 2.33 bits per heavy atom. The van der Waals surface area contributed by atoms with Crippen LogP contribution < -0.4 is 14.4 Å². The molecule has 1 fully saturated rings. The zero-order valence-corrected chi connectivity index (χ0v) is 23.7. The van der Waals surface area contributed by atoms with Crippen LogP contribution in [0.3, 0.4) is 0 Å². The van der Waals surface area contributed by atoms with Crippen LogP contribution in [0.4, 0.5) is 5.69 Å². The SMILES string of the molecule is CCOc1cc2c(cc1OCC)[C@@H]1[C@H](C(=O)N3CCN(c4cccc(Cl)c4)CC3)c3ccccc3C(=O)N1CC2. The van der Waals surface area contributed by atoms with Gasteiger partial charge < -0.3 is 24.2 Å². The lowest BCUT2D eigenvalue weighted by molar-refractivity contribution is -0.135. The maximum absolute atomic E-state index is 14.5. The third kappa shape index (κ3) is 4.66. The number of fused-ring (bicyclic) bond motifs is 4. The molecule has 2 amide bonds. The quantitative estimate of drug-likeness (QED) is 0.409. The van der Waals surface area contributed by atoms with Crippen LogP contribution in [-0.2, 0) is 11.2 Å². The Morgan fingerprint density at radius 2 is 1.60 bits per heavy atom. The molecule has 0 bridgehead atoms. The monoisotopic (exact) mass is 559 g/mol. The van der Waals surface area contributed by atoms with Gasteiger partial charge in [0.25, 0.3) is 5.91 Å². The van der Waals surface area contributed by atoms with Gasteiger partial charge in [0.15, 0.2) is 11.5 Å². The fourth-order valence-corrected chi connectivity index (χ4v) is 6.58. The molecule has 0 saturated carbocycles. The summed E-state index contributed by atoms with van der Waals surface area (Å²) in [4.78, 5) is 34.3. The van der Waals surface area contributed by atoms with Crippen molar-refractivity contribution in [1.29, 1.82) is 0 Å². The summed E-state index contributed by atoms with van der Waals surface area (Å²) in [5, 5.41) is 0.703. The number of anilines is 1. The number of amides is 2. The summed E-state index contributed by atoms with van der Waals surface area (Å²) in [5.74, 6) is 0.892. The summed E-state index contributed by atoms with van der Waals surface area (Å²) in [6, 6.07) is 19.1. The van der Waals surface area contributed by atoms with Crippen LogP contribution in [-0.4, -0.2) is 67.6 Å². The first kappa shape index (κ1) is 26.5. The van der Waals surface area contributed by atoms with Crippen LogP contribution in [0.15, 0.2) is 60.7 Å². The second-order valence-corrected chi connectivity index (χ2v) is 10.9. The third-order valence-electron chi connectivity index (χ3n) is 8.22. The number of nitrogens with zero attached hydrogens (tertiary/aromatic N) is 3. The highest BCUT2D eigenvalue weighted by molar-refractivity contribution is 6.30. The van der Waals surface area contributed by atoms with Crippen molar-refractivity contribution in [3.8, 4) is 11.5 Å². The van der Waals surface area contributed by atoms with E-state index in [1.807, 2.05) is 78.2 Å². The number of piperazine rings is 1. The molecule has 0 unspecified atom stereocenters. The topological polar surface area (TPSA) is 62.3 Å². The maximum atomic E-state index is 14.5. The van der Waals surface area contributed by atoms with Crippen molar-refractivity contribution in [2.75, 3.05) is 50.8 Å². The lowest BCUT2D eigenvalue weighted by Gasteiger charge is -2.47. The predicted octanol–water partition coefficient (Wildman–Crippen LogP) is 5.32. The molecule has 7 nitrogen and oxygen atoms in total. The molecule has 2 atom stereocenters. The smallest absolute Gasteiger partial charge is 0.254 e. The fourth-order valence-electron chi connectivity index (χ4n) is 6.39. The van der Waals surface area contributed by atoms with Crippen LogP contribution in [0.25, 0.3) is 0 Å². The summed E-state index contributed by atoms with van der Waals surface area (Å²) in [6.07, 6.45) is 0.700. The fraction of sp³-hybridized carbons (Fsp3) is 0.375. The highest BCUT2D eigenvalue weighted by atomic mass is 35.5. The summed E-state index contributed by atoms with van der Waals surface area (Å²) >= 11 is 6.23. The van der Waals surface area contributed by atoms with Crippen LogP contribution in [0, 0.1) is 0 Å². The van der Waals surface area contributed by atoms with Gasteiger partial charge in [0, 0.05) is 49.0 Å². The van der Waals surface area contributed by atoms with Crippen molar-refractivity contribution < 1.29 is 19.1 Å². The Hall–Kier alpha value is -3.71. The number of carbonyl (C=O) groups excluding carboxylic acids is 2. The largest absolute Gasteiger partial charge is 0.490 e. The van der Waals surface area contributed by atoms with Crippen LogP contribution in [0.5, 0.6) is 11.5 Å². The zero-order chi connectivity index (χ0) is 27.8. The standard InChI is InChI=1S/C32H34ClN3O4/c1-3-39-27-18-21-12-13-36-30(26(21)20-28(27)40-4-2)29(24-10-5-6-11-25(24)31(36)37)32(38)35-16-14-34(15-17-35)23-9-7-8-22(33)19-23/h5-11,18-20,29-30H,3-4,12-17H2,1-2H3/t29-,30-/m1/s1. The van der Waals surface area contributed by atoms with Gasteiger partial charge in [-0.1, -0.05) is 35.9 Å². The molecule has 3 aliphatic heterocycles. The van der Waals surface area contributed by atoms with Crippen molar-refractivity contribution >= 4 is 29.1 Å². The first-order valence-electron chi connectivity index (χ1n) is 14.1. The third-order valence-corrected chi connectivity index (χ3v) is 8.45. The Bertz CT molecular complexity index is 1440. The van der Waals surface area contributed by atoms with E-state index in [0.29, 0.717) is 61.4 Å². The molecule has 40 heavy (non-hydrogen) atoms. The van der Waals surface area contributed by atoms with E-state index in [4.69, 9.17) is 21.1 Å². The predicted molar refractivity (Wildman–Crippen MR) is 156 cm³/mol. The minimum Gasteiger partial charge on any atom is -0.490 e. The van der Waals surface area contributed by atoms with Gasteiger partial charge in [-0.2, -0.15) is 0 Å². The van der Waals surface area contributed by atoms with E-state index in [9.17, 15) is 9.59 Å². The molecule has 1 saturated heterocycles. The molecule has 8 heteroatoms. The van der Waals surface area contributed by atoms with Gasteiger partial charge in [-0.3, -0.25) is 9.59 Å². The molecule has 208 valence electrons. The summed E-state index contributed by atoms with van der Waals surface area (Å²) in [5.41, 5.74) is 4.56. The minimum atomic E-state index is -0.502. The van der Waals surface area contributed by atoms with E-state index >= 15 is 0 Å². The number of ether oxygens (including phenoxy) is 2. The number of halogens is 1. The zero-order valence-electron chi connectivity index (χ0n) is 22.9. The first-order chi connectivity index (χ1) is 19.5. The average Bonchev–Trinajstić information content (AvgIpc) is 2.98. The Balaban J connectivity index is 1.37. The average molecular weight is 560 g/mol. The van der Waals surface area contributed by atoms with Crippen molar-refractivity contribution in [3.63, 3.8) is 0 Å². The number of benzene rings is 3. The van der Waals surface area contributed by atoms with E-state index in [0.717, 1.165) is 35.5 Å². The molecule has 0 aromatic heterocycles. The van der Waals surface area contributed by atoms with Crippen molar-refractivity contribution in [3.05, 3.63) is 87.9 Å². The molecule has 3 aliphatic rings. The van der Waals surface area contributed by atoms with E-state index in [1.165, 1.54) is 0 Å². The molecule has 3 aromatic carbocycles. The van der Waals surface area contributed by atoms with Gasteiger partial charge >= 0.3 is 0 Å². The van der Waals surface area contributed by atoms with Crippen LogP contribution >= 0.6 is 11.6 Å². The number of hydrogen-bond donors (Lipinski definition) is 0. The van der Waals surface area contributed by atoms with Gasteiger partial charge in [0.2, 0.25) is 5.91 Å². The van der Waals surface area contributed by atoms with Gasteiger partial charge in [-0.05, 0) is 73.4 Å². The summed E-state index contributed by atoms with van der Waals surface area (Å²) in [6.45, 7) is 8.11. The van der Waals surface area contributed by atoms with Gasteiger partial charge in [0.05, 0.1) is 25.2 Å². The molecule has 6 rings (SSSR count). The van der Waals surface area contributed by atoms with Gasteiger partial charge in [-0.25, -0.2) is 0 Å². The Labute approximate surface area is 240 Å². The molecule has 0 N–H and O–H groups in total. The number of rotatable bonds is 6. The second-order valence-electron chi connectivity index (χ2n) is 10.4. The van der Waals surface area contributed by atoms with E-state index in [-0.39, 0.29) is 11.8 Å². The molecule has 3 aromatic rings. The Morgan fingerprint density at radius 1 is 0.875 bits per heavy atom. The highest BCUT2D eigenvalue weighted by Crippen LogP contribution is 2.49. The second kappa shape index (κ2) is 11.0. The van der Waals surface area contributed by atoms with Crippen molar-refractivity contribution in [2.45, 2.75) is 32.2 Å². The Kier molecular flexibility index (Phi) is 7.32. The van der Waals surface area contributed by atoms with Gasteiger partial charge in [-0.15, -0.1) is 0 Å². The molecule has 0 aliphatic carbocycles. The first-order valence-corrected chi connectivity index (χ1v) is 14.5. The molecular formula is C32H34ClN3O4. The molecule has 0 radical (unpaired) electrons. The van der Waals surface area contributed by atoms with E-state index < -0.39 is 12.0 Å². The van der Waals surface area contributed by atoms with Crippen molar-refractivity contribution in [1.82, 2.24) is 9.80 Å². The maximum Gasteiger partial charge on any atom is 0.254 e.